The summed E-state index contributed by atoms with van der Waals surface area (Å²) in [6.45, 7) is 4.64. The minimum Gasteiger partial charge on any atom is -0.387 e. The number of unbranched alkanes of at least 4 members (excludes halogenated alkanes) is 17. The first-order chi connectivity index (χ1) is 41.0. The van der Waals surface area contributed by atoms with Crippen molar-refractivity contribution < 1.29 is 32.9 Å². The van der Waals surface area contributed by atoms with E-state index in [9.17, 15) is 19.4 Å². The van der Waals surface area contributed by atoms with E-state index in [-0.39, 0.29) is 19.1 Å². The number of carbonyl (C=O) groups excluding carboxylic acids is 1. The van der Waals surface area contributed by atoms with Gasteiger partial charge in [0.15, 0.2) is 0 Å². The van der Waals surface area contributed by atoms with Crippen molar-refractivity contribution in [2.75, 3.05) is 40.9 Å². The predicted octanol–water partition coefficient (Wildman–Crippen LogP) is 21.3. The molecule has 3 N–H and O–H groups in total. The number of aliphatic hydroxyl groups excluding tert-OH is 1. The zero-order chi connectivity index (χ0) is 61.2. The van der Waals surface area contributed by atoms with Crippen molar-refractivity contribution in [2.45, 2.75) is 244 Å². The van der Waals surface area contributed by atoms with Gasteiger partial charge in [-0.05, 0) is 135 Å². The zero-order valence-electron chi connectivity index (χ0n) is 54.1. The molecule has 84 heavy (non-hydrogen) atoms. The number of hydrogen-bond donors (Lipinski definition) is 3. The van der Waals surface area contributed by atoms with Gasteiger partial charge in [-0.3, -0.25) is 13.8 Å². The number of nitrogens with one attached hydrogen (secondary N) is 1. The van der Waals surface area contributed by atoms with Crippen molar-refractivity contribution in [3.05, 3.63) is 182 Å². The molecule has 0 bridgehead atoms. The summed E-state index contributed by atoms with van der Waals surface area (Å²) in [4.78, 5) is 23.4. The molecule has 0 aromatic rings. The molecule has 0 spiro atoms. The Bertz CT molecular complexity index is 2020. The second-order valence-electron chi connectivity index (χ2n) is 22.7. The topological polar surface area (TPSA) is 105 Å². The van der Waals surface area contributed by atoms with Gasteiger partial charge >= 0.3 is 7.82 Å². The van der Waals surface area contributed by atoms with E-state index in [0.29, 0.717) is 17.4 Å². The second-order valence-corrected chi connectivity index (χ2v) is 24.2. The summed E-state index contributed by atoms with van der Waals surface area (Å²) in [5, 5.41) is 13.9. The maximum Gasteiger partial charge on any atom is 0.472 e. The molecule has 0 fully saturated rings. The third kappa shape index (κ3) is 65.1. The van der Waals surface area contributed by atoms with Crippen LogP contribution in [0.15, 0.2) is 182 Å². The van der Waals surface area contributed by atoms with Crippen LogP contribution in [-0.4, -0.2) is 73.4 Å². The molecular weight excluding hydrogens is 1060 g/mol. The Morgan fingerprint density at radius 1 is 0.417 bits per heavy atom. The highest BCUT2D eigenvalue weighted by Gasteiger charge is 2.27. The first-order valence-corrected chi connectivity index (χ1v) is 34.7. The standard InChI is InChI=1S/C75H123N2O6P/c1-6-8-10-12-14-16-18-20-22-24-26-28-29-30-31-32-33-34-35-36-37-38-39-40-41-42-43-44-45-46-47-49-51-53-55-57-59-61-63-65-67-69-75(79)76-73(72-83-84(80,81)82-71-70-77(3,4)5)74(78)68-66-64-62-60-58-56-54-52-50-48-27-25-23-21-19-17-15-13-11-9-7-2/h8,10,14,16,20,22,26,28,30-31,33-34,36-37,39-40,42-43,45-46,49-52,55,57-58,60,66,68,73-74,78H,6-7,9,11-13,15,17-19,21,23-25,27,29,32,35,38,41,44,47-48,53-54,56,59,61-65,67,69-72H2,1-5H3,(H-,76,79,80,81)/p+1/b10-8-,16-14-,22-20-,28-26-,31-30-,34-33-,37-36-,40-39-,43-42-,46-45-,51-49-,52-50+,57-55-,60-58+,68-66+. The first-order valence-electron chi connectivity index (χ1n) is 33.2. The van der Waals surface area contributed by atoms with Gasteiger partial charge in [0.2, 0.25) is 5.91 Å². The van der Waals surface area contributed by atoms with Gasteiger partial charge < -0.3 is 19.8 Å². The van der Waals surface area contributed by atoms with E-state index in [1.54, 1.807) is 6.08 Å². The highest BCUT2D eigenvalue weighted by molar-refractivity contribution is 7.47. The average Bonchev–Trinajstić information content (AvgIpc) is 3.56. The maximum absolute atomic E-state index is 13.0. The molecule has 474 valence electrons. The van der Waals surface area contributed by atoms with Crippen LogP contribution in [0, 0.1) is 0 Å². The van der Waals surface area contributed by atoms with Crippen molar-refractivity contribution >= 4 is 13.7 Å². The lowest BCUT2D eigenvalue weighted by Crippen LogP contribution is -2.45. The fourth-order valence-corrected chi connectivity index (χ4v) is 9.20. The molecule has 8 nitrogen and oxygen atoms in total. The Labute approximate surface area is 516 Å². The van der Waals surface area contributed by atoms with Crippen molar-refractivity contribution in [1.29, 1.82) is 0 Å². The monoisotopic (exact) mass is 1180 g/mol. The molecule has 0 radical (unpaired) electrons. The van der Waals surface area contributed by atoms with E-state index in [2.05, 4.69) is 189 Å². The molecule has 0 aromatic heterocycles. The Kier molecular flexibility index (Phi) is 59.8. The molecule has 0 rings (SSSR count). The summed E-state index contributed by atoms with van der Waals surface area (Å²) in [6.07, 6.45) is 102. The Morgan fingerprint density at radius 3 is 1.10 bits per heavy atom. The van der Waals surface area contributed by atoms with Crippen LogP contribution < -0.4 is 5.32 Å². The number of nitrogens with zero attached hydrogens (tertiary/aromatic N) is 1. The molecule has 3 atom stereocenters. The minimum atomic E-state index is -4.38. The van der Waals surface area contributed by atoms with Crippen molar-refractivity contribution in [3.63, 3.8) is 0 Å². The van der Waals surface area contributed by atoms with Crippen LogP contribution in [-0.2, 0) is 18.4 Å². The largest absolute Gasteiger partial charge is 0.472 e. The fourth-order valence-electron chi connectivity index (χ4n) is 8.47. The van der Waals surface area contributed by atoms with Crippen LogP contribution in [0.25, 0.3) is 0 Å². The van der Waals surface area contributed by atoms with Gasteiger partial charge in [-0.1, -0.05) is 273 Å². The number of likely N-dealkylation sites (N-methyl/N-ethyl adjacent to an activating group) is 1. The van der Waals surface area contributed by atoms with E-state index < -0.39 is 20.0 Å². The predicted molar refractivity (Wildman–Crippen MR) is 368 cm³/mol. The Balaban J connectivity index is 4.28. The molecule has 0 aliphatic rings. The lowest BCUT2D eigenvalue weighted by Gasteiger charge is -2.25. The fraction of sp³-hybridized carbons (Fsp3) is 0.587. The number of phosphoric acid groups is 1. The van der Waals surface area contributed by atoms with Gasteiger partial charge in [0.05, 0.1) is 39.9 Å². The summed E-state index contributed by atoms with van der Waals surface area (Å²) < 4.78 is 23.7. The number of carbonyl (C=O) groups is 1. The highest BCUT2D eigenvalue weighted by atomic mass is 31.2. The lowest BCUT2D eigenvalue weighted by molar-refractivity contribution is -0.870. The number of allylic oxidation sites excluding steroid dienone is 29. The van der Waals surface area contributed by atoms with E-state index in [0.717, 1.165) is 135 Å². The van der Waals surface area contributed by atoms with Gasteiger partial charge in [0, 0.05) is 6.42 Å². The highest BCUT2D eigenvalue weighted by Crippen LogP contribution is 2.43. The van der Waals surface area contributed by atoms with E-state index in [4.69, 9.17) is 9.05 Å². The third-order valence-electron chi connectivity index (χ3n) is 13.6. The van der Waals surface area contributed by atoms with Crippen molar-refractivity contribution in [2.24, 2.45) is 0 Å². The van der Waals surface area contributed by atoms with Crippen LogP contribution in [0.1, 0.15) is 232 Å². The van der Waals surface area contributed by atoms with Gasteiger partial charge in [0.1, 0.15) is 13.2 Å². The number of phosphoric ester groups is 1. The summed E-state index contributed by atoms with van der Waals surface area (Å²) in [7, 11) is 1.50. The van der Waals surface area contributed by atoms with E-state index >= 15 is 0 Å². The normalized spacial score (nSPS) is 14.9. The quantitative estimate of drug-likeness (QED) is 0.0243. The first kappa shape index (κ1) is 79.6. The van der Waals surface area contributed by atoms with Crippen LogP contribution >= 0.6 is 7.82 Å². The average molecular weight is 1180 g/mol. The summed E-state index contributed by atoms with van der Waals surface area (Å²) in [5.41, 5.74) is 0. The van der Waals surface area contributed by atoms with Crippen LogP contribution in [0.4, 0.5) is 0 Å². The molecular formula is C75H124N2O6P+. The van der Waals surface area contributed by atoms with E-state index in [1.807, 2.05) is 27.2 Å². The van der Waals surface area contributed by atoms with Gasteiger partial charge in [-0.2, -0.15) is 0 Å². The van der Waals surface area contributed by atoms with E-state index in [1.165, 1.54) is 77.0 Å². The smallest absolute Gasteiger partial charge is 0.387 e. The van der Waals surface area contributed by atoms with Crippen LogP contribution in [0.5, 0.6) is 0 Å². The van der Waals surface area contributed by atoms with Crippen molar-refractivity contribution in [1.82, 2.24) is 5.32 Å². The lowest BCUT2D eigenvalue weighted by atomic mass is 10.1. The molecule has 9 heteroatoms. The Morgan fingerprint density at radius 2 is 0.726 bits per heavy atom. The summed E-state index contributed by atoms with van der Waals surface area (Å²) in [6, 6.07) is -0.899. The molecule has 0 saturated heterocycles. The number of aliphatic hydroxyl groups is 1. The van der Waals surface area contributed by atoms with Gasteiger partial charge in [-0.15, -0.1) is 0 Å². The minimum absolute atomic E-state index is 0.0383. The zero-order valence-corrected chi connectivity index (χ0v) is 55.0. The molecule has 0 aliphatic heterocycles. The molecule has 0 saturated carbocycles. The molecule has 1 amide bonds. The Hall–Kier alpha value is -4.40. The SMILES string of the molecule is CC/C=C\C/C=C\C/C=C\C/C=C\C/C=C\C/C=C\C/C=C\C/C=C\C/C=C\C/C=C\C/C=C\C/C=C\CCCCCCC(=O)NC(COP(=O)(O)OCC[N+](C)(C)C)C(O)/C=C/CC/C=C/CC/C=C/CCCCCCCCCCCCC. The third-order valence-corrected chi connectivity index (χ3v) is 14.6. The number of rotatable bonds is 58. The number of quaternary nitrogens is 1. The van der Waals surface area contributed by atoms with Gasteiger partial charge in [-0.25, -0.2) is 4.57 Å². The number of hydrogen-bond acceptors (Lipinski definition) is 5. The van der Waals surface area contributed by atoms with Crippen LogP contribution in [0.3, 0.4) is 0 Å². The van der Waals surface area contributed by atoms with Gasteiger partial charge in [0.25, 0.3) is 0 Å². The van der Waals surface area contributed by atoms with Crippen molar-refractivity contribution in [3.8, 4) is 0 Å². The number of amides is 1. The summed E-state index contributed by atoms with van der Waals surface area (Å²) in [5.74, 6) is -0.222. The molecule has 3 unspecified atom stereocenters. The summed E-state index contributed by atoms with van der Waals surface area (Å²) >= 11 is 0. The molecule has 0 aromatic carbocycles. The maximum atomic E-state index is 13.0. The second kappa shape index (κ2) is 63.1. The van der Waals surface area contributed by atoms with Crippen LogP contribution in [0.2, 0.25) is 0 Å². The molecule has 0 aliphatic carbocycles. The molecule has 0 heterocycles.